The van der Waals surface area contributed by atoms with Gasteiger partial charge in [-0.15, -0.1) is 0 Å². The number of pyridine rings is 1. The SMILES string of the molecule is COc1ccc(Oc2ccc(-c3cc(C(F)(F)F)c(N)c(=O)n3Cc3ccc(C)cc3C)cc2C)cc1. The summed E-state index contributed by atoms with van der Waals surface area (Å²) < 4.78 is 53.7. The molecule has 8 heteroatoms. The Morgan fingerprint density at radius 1 is 0.865 bits per heavy atom. The molecule has 1 aromatic heterocycles. The lowest BCUT2D eigenvalue weighted by molar-refractivity contribution is -0.137. The van der Waals surface area contributed by atoms with Crippen LogP contribution in [0.1, 0.15) is 27.8 Å². The topological polar surface area (TPSA) is 66.5 Å². The number of rotatable bonds is 6. The third-order valence-corrected chi connectivity index (χ3v) is 6.23. The highest BCUT2D eigenvalue weighted by molar-refractivity contribution is 5.67. The van der Waals surface area contributed by atoms with Gasteiger partial charge < -0.3 is 19.8 Å². The molecular formula is C29H27F3N2O3. The fraction of sp³-hybridized carbons (Fsp3) is 0.207. The summed E-state index contributed by atoms with van der Waals surface area (Å²) in [4.78, 5) is 13.2. The number of methoxy groups -OCH3 is 1. The molecule has 0 unspecified atom stereocenters. The van der Waals surface area contributed by atoms with E-state index in [2.05, 4.69) is 0 Å². The van der Waals surface area contributed by atoms with Crippen LogP contribution in [0.2, 0.25) is 0 Å². The van der Waals surface area contributed by atoms with Gasteiger partial charge >= 0.3 is 6.18 Å². The van der Waals surface area contributed by atoms with Gasteiger partial charge in [-0.2, -0.15) is 13.2 Å². The Morgan fingerprint density at radius 3 is 2.14 bits per heavy atom. The lowest BCUT2D eigenvalue weighted by Crippen LogP contribution is -2.29. The van der Waals surface area contributed by atoms with E-state index < -0.39 is 23.0 Å². The molecule has 0 radical (unpaired) electrons. The van der Waals surface area contributed by atoms with Crippen molar-refractivity contribution in [3.8, 4) is 28.5 Å². The summed E-state index contributed by atoms with van der Waals surface area (Å²) in [5.41, 5.74) is 6.87. The zero-order valence-corrected chi connectivity index (χ0v) is 20.9. The lowest BCUT2D eigenvalue weighted by atomic mass is 10.0. The fourth-order valence-corrected chi connectivity index (χ4v) is 4.18. The zero-order valence-electron chi connectivity index (χ0n) is 20.9. The molecule has 1 heterocycles. The molecule has 4 rings (SSSR count). The molecular weight excluding hydrogens is 481 g/mol. The fourth-order valence-electron chi connectivity index (χ4n) is 4.18. The van der Waals surface area contributed by atoms with Crippen molar-refractivity contribution in [1.82, 2.24) is 4.57 Å². The van der Waals surface area contributed by atoms with Gasteiger partial charge in [0.25, 0.3) is 5.56 Å². The van der Waals surface area contributed by atoms with Crippen LogP contribution in [0.25, 0.3) is 11.3 Å². The normalized spacial score (nSPS) is 11.4. The Morgan fingerprint density at radius 2 is 1.54 bits per heavy atom. The van der Waals surface area contributed by atoms with Gasteiger partial charge in [0.05, 0.1) is 24.9 Å². The van der Waals surface area contributed by atoms with Crippen molar-refractivity contribution in [2.75, 3.05) is 12.8 Å². The highest BCUT2D eigenvalue weighted by atomic mass is 19.4. The molecule has 0 fully saturated rings. The molecule has 2 N–H and O–H groups in total. The third-order valence-electron chi connectivity index (χ3n) is 6.23. The first kappa shape index (κ1) is 25.9. The van der Waals surface area contributed by atoms with Crippen LogP contribution >= 0.6 is 0 Å². The average molecular weight is 509 g/mol. The highest BCUT2D eigenvalue weighted by Crippen LogP contribution is 2.36. The molecule has 37 heavy (non-hydrogen) atoms. The number of alkyl halides is 3. The molecule has 4 aromatic rings. The van der Waals surface area contributed by atoms with Crippen molar-refractivity contribution >= 4 is 5.69 Å². The van der Waals surface area contributed by atoms with Crippen LogP contribution in [0.15, 0.2) is 71.5 Å². The number of hydrogen-bond acceptors (Lipinski definition) is 4. The predicted octanol–water partition coefficient (Wildman–Crippen LogP) is 6.89. The van der Waals surface area contributed by atoms with Gasteiger partial charge in [-0.3, -0.25) is 4.79 Å². The van der Waals surface area contributed by atoms with E-state index in [9.17, 15) is 18.0 Å². The number of ether oxygens (including phenoxy) is 2. The largest absolute Gasteiger partial charge is 0.497 e. The maximum Gasteiger partial charge on any atom is 0.418 e. The molecule has 5 nitrogen and oxygen atoms in total. The van der Waals surface area contributed by atoms with Crippen LogP contribution in [0, 0.1) is 20.8 Å². The van der Waals surface area contributed by atoms with Crippen LogP contribution in [-0.2, 0) is 12.7 Å². The van der Waals surface area contributed by atoms with Crippen LogP contribution in [0.5, 0.6) is 17.2 Å². The summed E-state index contributed by atoms with van der Waals surface area (Å²) in [6.45, 7) is 5.71. The van der Waals surface area contributed by atoms with Crippen molar-refractivity contribution in [2.45, 2.75) is 33.5 Å². The number of aryl methyl sites for hydroxylation is 3. The van der Waals surface area contributed by atoms with Crippen molar-refractivity contribution in [2.24, 2.45) is 0 Å². The number of benzene rings is 3. The summed E-state index contributed by atoms with van der Waals surface area (Å²) in [6, 6.07) is 18.7. The Labute approximate surface area is 212 Å². The standard InChI is InChI=1S/C29H27F3N2O3/c1-17-5-6-21(18(2)13-17)16-34-25(15-24(29(30,31)32)27(33)28(34)35)20-7-12-26(19(3)14-20)37-23-10-8-22(36-4)9-11-23/h5-15H,16,33H2,1-4H3. The van der Waals surface area contributed by atoms with E-state index in [-0.39, 0.29) is 12.2 Å². The van der Waals surface area contributed by atoms with E-state index in [0.29, 0.717) is 28.4 Å². The van der Waals surface area contributed by atoms with E-state index in [1.54, 1.807) is 56.5 Å². The van der Waals surface area contributed by atoms with Gasteiger partial charge in [0, 0.05) is 0 Å². The second-order valence-electron chi connectivity index (χ2n) is 8.93. The number of nitrogens with two attached hydrogens (primary N) is 1. The van der Waals surface area contributed by atoms with Crippen LogP contribution in [-0.4, -0.2) is 11.7 Å². The smallest absolute Gasteiger partial charge is 0.418 e. The summed E-state index contributed by atoms with van der Waals surface area (Å²) in [6.07, 6.45) is -4.77. The first-order chi connectivity index (χ1) is 17.5. The van der Waals surface area contributed by atoms with Crippen molar-refractivity contribution in [3.63, 3.8) is 0 Å². The van der Waals surface area contributed by atoms with Crippen LogP contribution < -0.4 is 20.8 Å². The molecule has 0 saturated carbocycles. The highest BCUT2D eigenvalue weighted by Gasteiger charge is 2.35. The van der Waals surface area contributed by atoms with Crippen LogP contribution in [0.3, 0.4) is 0 Å². The monoisotopic (exact) mass is 508 g/mol. The van der Waals surface area contributed by atoms with E-state index in [0.717, 1.165) is 22.8 Å². The minimum atomic E-state index is -4.77. The van der Waals surface area contributed by atoms with E-state index in [1.165, 1.54) is 4.57 Å². The number of halogens is 3. The molecule has 0 spiro atoms. The molecule has 3 aromatic carbocycles. The molecule has 0 bridgehead atoms. The van der Waals surface area contributed by atoms with Gasteiger partial charge in [-0.05, 0) is 91.6 Å². The minimum Gasteiger partial charge on any atom is -0.497 e. The van der Waals surface area contributed by atoms with Gasteiger partial charge in [0.1, 0.15) is 22.9 Å². The second-order valence-corrected chi connectivity index (χ2v) is 8.93. The average Bonchev–Trinajstić information content (AvgIpc) is 2.84. The molecule has 0 aliphatic heterocycles. The van der Waals surface area contributed by atoms with Gasteiger partial charge in [0.15, 0.2) is 0 Å². The van der Waals surface area contributed by atoms with Gasteiger partial charge in [-0.25, -0.2) is 0 Å². The quantitative estimate of drug-likeness (QED) is 0.308. The summed E-state index contributed by atoms with van der Waals surface area (Å²) >= 11 is 0. The number of aromatic nitrogens is 1. The Hall–Kier alpha value is -4.20. The number of hydrogen-bond donors (Lipinski definition) is 1. The van der Waals surface area contributed by atoms with Crippen LogP contribution in [0.4, 0.5) is 18.9 Å². The third kappa shape index (κ3) is 5.48. The zero-order chi connectivity index (χ0) is 26.9. The first-order valence-corrected chi connectivity index (χ1v) is 11.6. The Kier molecular flexibility index (Phi) is 7.03. The maximum absolute atomic E-state index is 13.8. The summed E-state index contributed by atoms with van der Waals surface area (Å²) in [5, 5.41) is 0. The molecule has 0 amide bonds. The molecule has 0 aliphatic carbocycles. The number of nitrogen functional groups attached to an aromatic ring is 1. The molecule has 0 aliphatic rings. The molecule has 192 valence electrons. The van der Waals surface area contributed by atoms with Gasteiger partial charge in [0.2, 0.25) is 0 Å². The summed E-state index contributed by atoms with van der Waals surface area (Å²) in [5.74, 6) is 1.80. The van der Waals surface area contributed by atoms with E-state index >= 15 is 0 Å². The second kappa shape index (κ2) is 10.0. The number of nitrogens with zero attached hydrogens (tertiary/aromatic N) is 1. The maximum atomic E-state index is 13.8. The minimum absolute atomic E-state index is 0.0752. The summed E-state index contributed by atoms with van der Waals surface area (Å²) in [7, 11) is 1.57. The van der Waals surface area contributed by atoms with E-state index in [4.69, 9.17) is 15.2 Å². The Balaban J connectivity index is 1.81. The molecule has 0 atom stereocenters. The van der Waals surface area contributed by atoms with Crippen molar-refractivity contribution in [1.29, 1.82) is 0 Å². The Bertz CT molecular complexity index is 1510. The first-order valence-electron chi connectivity index (χ1n) is 11.6. The van der Waals surface area contributed by atoms with Crippen molar-refractivity contribution in [3.05, 3.63) is 105 Å². The van der Waals surface area contributed by atoms with E-state index in [1.807, 2.05) is 32.0 Å². The molecule has 0 saturated heterocycles. The predicted molar refractivity (Wildman–Crippen MR) is 138 cm³/mol. The lowest BCUT2D eigenvalue weighted by Gasteiger charge is -2.20. The van der Waals surface area contributed by atoms with Gasteiger partial charge in [-0.1, -0.05) is 23.8 Å². The number of anilines is 1. The van der Waals surface area contributed by atoms with Crippen molar-refractivity contribution < 1.29 is 22.6 Å².